The molecule has 0 saturated heterocycles. The van der Waals surface area contributed by atoms with Crippen LogP contribution in [-0.4, -0.2) is 35.0 Å². The van der Waals surface area contributed by atoms with Gasteiger partial charge in [-0.15, -0.1) is 29.2 Å². The Hall–Kier alpha value is 0.443. The molecule has 0 nitrogen and oxygen atoms in total. The van der Waals surface area contributed by atoms with Gasteiger partial charge in [-0.25, -0.2) is 11.1 Å². The molecule has 196 valence electrons. The molecule has 0 heterocycles. The summed E-state index contributed by atoms with van der Waals surface area (Å²) in [7, 11) is 0.253. The fraction of sp³-hybridized carbons (Fsp3) is 0.742. The molecule has 0 atom stereocenters. The number of rotatable bonds is 9. The van der Waals surface area contributed by atoms with Crippen molar-refractivity contribution >= 4 is 15.8 Å². The second kappa shape index (κ2) is 15.0. The van der Waals surface area contributed by atoms with Crippen LogP contribution in [0.4, 0.5) is 0 Å². The van der Waals surface area contributed by atoms with Gasteiger partial charge >= 0.3 is 19.5 Å². The zero-order valence-corrected chi connectivity index (χ0v) is 28.4. The van der Waals surface area contributed by atoms with Crippen LogP contribution < -0.4 is 0 Å². The summed E-state index contributed by atoms with van der Waals surface area (Å²) in [6.07, 6.45) is 12.3. The normalized spacial score (nSPS) is 17.9. The van der Waals surface area contributed by atoms with Crippen LogP contribution >= 0.6 is 15.8 Å². The van der Waals surface area contributed by atoms with Gasteiger partial charge in [-0.1, -0.05) is 102 Å². The molecule has 0 aromatic carbocycles. The van der Waals surface area contributed by atoms with Crippen LogP contribution in [0.2, 0.25) is 0 Å². The molecule has 0 aromatic heterocycles. The van der Waals surface area contributed by atoms with Crippen molar-refractivity contribution in [1.29, 1.82) is 0 Å². The Bertz CT molecular complexity index is 759. The fourth-order valence-electron chi connectivity index (χ4n) is 5.11. The largest absolute Gasteiger partial charge is 2.00 e. The van der Waals surface area contributed by atoms with E-state index in [1.807, 2.05) is 0 Å². The summed E-state index contributed by atoms with van der Waals surface area (Å²) in [4.78, 5) is 0. The Morgan fingerprint density at radius 1 is 0.765 bits per heavy atom. The molecule has 2 aliphatic rings. The van der Waals surface area contributed by atoms with Crippen LogP contribution in [0.5, 0.6) is 0 Å². The van der Waals surface area contributed by atoms with Crippen molar-refractivity contribution in [3.05, 3.63) is 45.6 Å². The van der Waals surface area contributed by atoms with Crippen molar-refractivity contribution in [2.24, 2.45) is 5.41 Å². The Balaban J connectivity index is 0.000000827. The summed E-state index contributed by atoms with van der Waals surface area (Å²) in [5, 5.41) is 0. The molecule has 0 fully saturated rings. The molecule has 2 aliphatic carbocycles. The van der Waals surface area contributed by atoms with Gasteiger partial charge in [-0.2, -0.15) is 22.3 Å². The van der Waals surface area contributed by atoms with Crippen LogP contribution in [0.15, 0.2) is 33.4 Å². The average Bonchev–Trinajstić information content (AvgIpc) is 3.11. The Kier molecular flexibility index (Phi) is 15.2. The van der Waals surface area contributed by atoms with Crippen molar-refractivity contribution in [3.63, 3.8) is 0 Å². The predicted octanol–water partition coefficient (Wildman–Crippen LogP) is 10.5. The minimum absolute atomic E-state index is 0. The zero-order valence-electron chi connectivity index (χ0n) is 24.9. The van der Waals surface area contributed by atoms with Gasteiger partial charge in [0.25, 0.3) is 0 Å². The van der Waals surface area contributed by atoms with E-state index in [0.717, 1.165) is 29.1 Å². The summed E-state index contributed by atoms with van der Waals surface area (Å²) in [6.45, 7) is 32.6. The molecule has 0 unspecified atom stereocenters. The molecule has 2 rings (SSSR count). The topological polar surface area (TPSA) is 0 Å². The predicted molar refractivity (Wildman–Crippen MR) is 157 cm³/mol. The molecule has 0 saturated carbocycles. The van der Waals surface area contributed by atoms with E-state index >= 15 is 0 Å². The molecular weight excluding hydrogens is 535 g/mol. The first-order valence-corrected chi connectivity index (χ1v) is 16.5. The first-order chi connectivity index (χ1) is 15.1. The maximum absolute atomic E-state index is 3.65. The van der Waals surface area contributed by atoms with Gasteiger partial charge in [0.15, 0.2) is 0 Å². The van der Waals surface area contributed by atoms with Crippen LogP contribution in [0.1, 0.15) is 110 Å². The number of hydrogen-bond donors (Lipinski definition) is 0. The average molecular weight is 590 g/mol. The molecule has 0 N–H and O–H groups in total. The SMILES string of the molecule is CC1=[C-]C(C)(C)C(C)=C1C.CC1=[C-]CC(CCP(C(C)C)C(C)C)=C1CP(C(C)C)C(C)C.[Ru+2]. The smallest absolute Gasteiger partial charge is 0.269 e. The minimum atomic E-state index is 0. The van der Waals surface area contributed by atoms with Crippen molar-refractivity contribution in [2.75, 3.05) is 12.3 Å². The summed E-state index contributed by atoms with van der Waals surface area (Å²) >= 11 is 0. The summed E-state index contributed by atoms with van der Waals surface area (Å²) in [5.74, 6) is 0. The standard InChI is InChI=1S/C21H39P2.C10H15.Ru/c1-15(2)22(16(3)4)13-12-20-11-10-19(9)21(20)14-23(17(5)6)18(7)8;1-7-6-10(4,5)9(3)8(7)2;/h15-18H,11-14H2,1-9H3;1-5H3;/q2*-1;+2. The minimum Gasteiger partial charge on any atom is -0.269 e. The van der Waals surface area contributed by atoms with Crippen molar-refractivity contribution < 1.29 is 19.5 Å². The van der Waals surface area contributed by atoms with Gasteiger partial charge in [0.05, 0.1) is 0 Å². The molecule has 3 heteroatoms. The fourth-order valence-corrected chi connectivity index (χ4v) is 10.6. The number of hydrogen-bond acceptors (Lipinski definition) is 0. The Morgan fingerprint density at radius 2 is 1.24 bits per heavy atom. The first-order valence-electron chi connectivity index (χ1n) is 13.2. The van der Waals surface area contributed by atoms with Crippen molar-refractivity contribution in [3.8, 4) is 0 Å². The molecule has 0 radical (unpaired) electrons. The van der Waals surface area contributed by atoms with E-state index in [-0.39, 0.29) is 40.7 Å². The van der Waals surface area contributed by atoms with Gasteiger partial charge in [0.2, 0.25) is 0 Å². The van der Waals surface area contributed by atoms with Gasteiger partial charge in [0.1, 0.15) is 0 Å². The molecular formula is C31H54P2Ru. The molecule has 0 aromatic rings. The second-order valence-corrected chi connectivity index (χ2v) is 18.7. The van der Waals surface area contributed by atoms with Crippen LogP contribution in [0.25, 0.3) is 0 Å². The third-order valence-corrected chi connectivity index (χ3v) is 14.4. The van der Waals surface area contributed by atoms with E-state index in [1.54, 1.807) is 11.1 Å². The molecule has 0 aliphatic heterocycles. The maximum Gasteiger partial charge on any atom is 2.00 e. The van der Waals surface area contributed by atoms with Crippen LogP contribution in [0, 0.1) is 17.6 Å². The van der Waals surface area contributed by atoms with E-state index < -0.39 is 0 Å². The molecule has 0 spiro atoms. The van der Waals surface area contributed by atoms with E-state index in [2.05, 4.69) is 109 Å². The van der Waals surface area contributed by atoms with Crippen LogP contribution in [-0.2, 0) is 19.5 Å². The second-order valence-electron chi connectivity index (χ2n) is 11.7. The molecule has 0 bridgehead atoms. The third kappa shape index (κ3) is 9.72. The van der Waals surface area contributed by atoms with E-state index in [0.29, 0.717) is 0 Å². The quantitative estimate of drug-likeness (QED) is 0.143. The van der Waals surface area contributed by atoms with E-state index in [9.17, 15) is 0 Å². The Morgan fingerprint density at radius 3 is 1.56 bits per heavy atom. The van der Waals surface area contributed by atoms with Gasteiger partial charge < -0.3 is 0 Å². The van der Waals surface area contributed by atoms with Gasteiger partial charge in [0, 0.05) is 0 Å². The maximum atomic E-state index is 3.65. The van der Waals surface area contributed by atoms with Gasteiger partial charge in [-0.05, 0) is 35.2 Å². The summed E-state index contributed by atoms with van der Waals surface area (Å²) < 4.78 is 0. The van der Waals surface area contributed by atoms with Crippen LogP contribution in [0.3, 0.4) is 0 Å². The molecule has 0 amide bonds. The first kappa shape index (κ1) is 34.4. The summed E-state index contributed by atoms with van der Waals surface area (Å²) in [5.41, 5.74) is 12.7. The van der Waals surface area contributed by atoms with E-state index in [1.165, 1.54) is 41.0 Å². The van der Waals surface area contributed by atoms with Crippen molar-refractivity contribution in [1.82, 2.24) is 0 Å². The monoisotopic (exact) mass is 590 g/mol. The van der Waals surface area contributed by atoms with Crippen molar-refractivity contribution in [2.45, 2.75) is 132 Å². The Labute approximate surface area is 230 Å². The molecule has 34 heavy (non-hydrogen) atoms. The summed E-state index contributed by atoms with van der Waals surface area (Å²) in [6, 6.07) is 0. The zero-order chi connectivity index (χ0) is 25.7. The number of allylic oxidation sites excluding steroid dienone is 8. The van der Waals surface area contributed by atoms with Gasteiger partial charge in [-0.3, -0.25) is 12.2 Å². The van der Waals surface area contributed by atoms with E-state index in [4.69, 9.17) is 0 Å². The third-order valence-electron chi connectivity index (χ3n) is 7.67.